The smallest absolute Gasteiger partial charge is 0.147 e. The topological polar surface area (TPSA) is 3.24 Å². The summed E-state index contributed by atoms with van der Waals surface area (Å²) in [4.78, 5) is 2.37. The molecule has 91 valence electrons. The summed E-state index contributed by atoms with van der Waals surface area (Å²) < 4.78 is 0.738. The second-order valence-electron chi connectivity index (χ2n) is 4.61. The summed E-state index contributed by atoms with van der Waals surface area (Å²) in [5, 5.41) is 0. The molecule has 0 N–H and O–H groups in total. The maximum Gasteiger partial charge on any atom is -0.147 e. The number of benzene rings is 1. The largest absolute Gasteiger partial charge is 0.147 e. The average molecular weight is 305 g/mol. The number of rotatable bonds is 0. The van der Waals surface area contributed by atoms with Crippen molar-refractivity contribution in [3.63, 3.8) is 0 Å². The van der Waals surface area contributed by atoms with Gasteiger partial charge >= 0.3 is 103 Å². The van der Waals surface area contributed by atoms with Gasteiger partial charge in [0.25, 0.3) is 0 Å². The van der Waals surface area contributed by atoms with Crippen molar-refractivity contribution in [3.05, 3.63) is 41.1 Å². The van der Waals surface area contributed by atoms with E-state index in [1.54, 1.807) is 0 Å². The van der Waals surface area contributed by atoms with E-state index in [0.717, 1.165) is 4.22 Å². The predicted octanol–water partition coefficient (Wildman–Crippen LogP) is 3.99. The number of hydrogen-bond acceptors (Lipinski definition) is 1. The summed E-state index contributed by atoms with van der Waals surface area (Å²) >= 11 is 2.31. The van der Waals surface area contributed by atoms with Crippen molar-refractivity contribution in [1.82, 2.24) is 0 Å². The Labute approximate surface area is 127 Å². The van der Waals surface area contributed by atoms with Crippen LogP contribution in [0, 0.1) is 6.92 Å². The van der Waals surface area contributed by atoms with E-state index in [-0.39, 0.29) is 24.8 Å². The Morgan fingerprint density at radius 1 is 1.29 bits per heavy atom. The second-order valence-corrected chi connectivity index (χ2v) is 5.77. The SMILES string of the molecule is Cc1ccc2c(c1)N(C)C1=C[CH]([Ti])CC12.Cl.Cl. The van der Waals surface area contributed by atoms with Gasteiger partial charge in [-0.25, -0.2) is 0 Å². The van der Waals surface area contributed by atoms with Crippen LogP contribution in [0.25, 0.3) is 0 Å². The third-order valence-electron chi connectivity index (χ3n) is 3.53. The molecule has 2 atom stereocenters. The van der Waals surface area contributed by atoms with E-state index in [9.17, 15) is 0 Å². The van der Waals surface area contributed by atoms with Gasteiger partial charge in [-0.3, -0.25) is 0 Å². The molecule has 1 aliphatic heterocycles. The van der Waals surface area contributed by atoms with Crippen molar-refractivity contribution in [2.24, 2.45) is 0 Å². The average Bonchev–Trinajstić information content (AvgIpc) is 2.67. The van der Waals surface area contributed by atoms with Gasteiger partial charge in [-0.15, -0.1) is 24.8 Å². The van der Waals surface area contributed by atoms with Gasteiger partial charge in [-0.2, -0.15) is 0 Å². The van der Waals surface area contributed by atoms with E-state index in [1.165, 1.54) is 28.9 Å². The maximum atomic E-state index is 2.43. The fourth-order valence-corrected chi connectivity index (χ4v) is 3.41. The normalized spacial score (nSPS) is 24.3. The first-order chi connectivity index (χ1) is 7.16. The molecule has 0 saturated heterocycles. The Kier molecular flexibility index (Phi) is 4.76. The Morgan fingerprint density at radius 3 is 2.71 bits per heavy atom. The molecule has 17 heavy (non-hydrogen) atoms. The minimum Gasteiger partial charge on any atom is -0.147 e. The third kappa shape index (κ3) is 2.31. The van der Waals surface area contributed by atoms with Crippen molar-refractivity contribution >= 4 is 30.5 Å². The Hall–Kier alpha value is 0.0543. The molecule has 2 unspecified atom stereocenters. The molecule has 0 aromatic heterocycles. The van der Waals surface area contributed by atoms with Gasteiger partial charge in [0.1, 0.15) is 0 Å². The van der Waals surface area contributed by atoms with Crippen molar-refractivity contribution in [2.45, 2.75) is 23.5 Å². The molecule has 4 heteroatoms. The Morgan fingerprint density at radius 2 is 2.00 bits per heavy atom. The summed E-state index contributed by atoms with van der Waals surface area (Å²) in [6.45, 7) is 2.17. The number of allylic oxidation sites excluding steroid dienone is 2. The van der Waals surface area contributed by atoms with Crippen LogP contribution in [-0.4, -0.2) is 7.05 Å². The molecule has 0 amide bonds. The van der Waals surface area contributed by atoms with E-state index in [0.29, 0.717) is 5.92 Å². The minimum absolute atomic E-state index is 0. The summed E-state index contributed by atoms with van der Waals surface area (Å²) in [7, 11) is 2.20. The molecule has 2 aliphatic rings. The first-order valence-electron chi connectivity index (χ1n) is 5.44. The van der Waals surface area contributed by atoms with E-state index in [4.69, 9.17) is 0 Å². The molecule has 1 aromatic rings. The molecule has 1 aliphatic carbocycles. The molecule has 0 radical (unpaired) electrons. The van der Waals surface area contributed by atoms with Gasteiger partial charge in [0.15, 0.2) is 0 Å². The summed E-state index contributed by atoms with van der Waals surface area (Å²) in [5.74, 6) is 0.667. The van der Waals surface area contributed by atoms with Crippen LogP contribution >= 0.6 is 24.8 Å². The fraction of sp³-hybridized carbons (Fsp3) is 0.385. The van der Waals surface area contributed by atoms with Crippen molar-refractivity contribution < 1.29 is 20.4 Å². The summed E-state index contributed by atoms with van der Waals surface area (Å²) in [6.07, 6.45) is 3.72. The zero-order valence-electron chi connectivity index (χ0n) is 9.93. The Balaban J connectivity index is 0.000000722. The van der Waals surface area contributed by atoms with Crippen LogP contribution in [0.1, 0.15) is 23.5 Å². The first kappa shape index (κ1) is 15.1. The molecule has 0 spiro atoms. The van der Waals surface area contributed by atoms with E-state index in [2.05, 4.69) is 63.6 Å². The number of fused-ring (bicyclic) bond motifs is 3. The van der Waals surface area contributed by atoms with E-state index >= 15 is 0 Å². The molecule has 0 saturated carbocycles. The number of likely N-dealkylation sites (N-methyl/N-ethyl adjacent to an activating group) is 1. The second kappa shape index (κ2) is 5.36. The molecular weight excluding hydrogens is 289 g/mol. The van der Waals surface area contributed by atoms with Gasteiger partial charge in [-0.05, 0) is 0 Å². The molecule has 3 rings (SSSR count). The van der Waals surface area contributed by atoms with Gasteiger partial charge in [-0.1, -0.05) is 0 Å². The standard InChI is InChI=1S/C13H14N.2ClH.Ti/c1-9-6-7-11-10-4-3-5-12(10)14(2)13(11)8-9;;;/h3,5-8,10H,4H2,1-2H3;2*1H;. The number of nitrogens with zero attached hydrogens (tertiary/aromatic N) is 1. The van der Waals surface area contributed by atoms with Crippen molar-refractivity contribution in [1.29, 1.82) is 0 Å². The van der Waals surface area contributed by atoms with Crippen LogP contribution in [-0.2, 0) is 20.4 Å². The summed E-state index contributed by atoms with van der Waals surface area (Å²) in [5.41, 5.74) is 5.81. The molecular formula is C13H16Cl2NTi. The van der Waals surface area contributed by atoms with Crippen LogP contribution < -0.4 is 4.90 Å². The van der Waals surface area contributed by atoms with Gasteiger partial charge in [0.2, 0.25) is 0 Å². The summed E-state index contributed by atoms with van der Waals surface area (Å²) in [6, 6.07) is 6.85. The molecule has 1 heterocycles. The number of hydrogen-bond donors (Lipinski definition) is 0. The minimum atomic E-state index is 0. The van der Waals surface area contributed by atoms with Crippen LogP contribution in [0.3, 0.4) is 0 Å². The monoisotopic (exact) mass is 304 g/mol. The fourth-order valence-electron chi connectivity index (χ4n) is 2.77. The molecule has 1 aromatic carbocycles. The van der Waals surface area contributed by atoms with Crippen molar-refractivity contribution in [2.75, 3.05) is 11.9 Å². The molecule has 0 fully saturated rings. The zero-order chi connectivity index (χ0) is 10.6. The van der Waals surface area contributed by atoms with E-state index in [1.807, 2.05) is 0 Å². The van der Waals surface area contributed by atoms with Crippen LogP contribution in [0.5, 0.6) is 0 Å². The number of halogens is 2. The maximum absolute atomic E-state index is 2.43. The van der Waals surface area contributed by atoms with Crippen LogP contribution in [0.15, 0.2) is 30.0 Å². The van der Waals surface area contributed by atoms with Crippen molar-refractivity contribution in [3.8, 4) is 0 Å². The predicted molar refractivity (Wildman–Crippen MR) is 73.3 cm³/mol. The first-order valence-corrected chi connectivity index (χ1v) is 6.34. The number of aryl methyl sites for hydroxylation is 1. The van der Waals surface area contributed by atoms with Gasteiger partial charge < -0.3 is 0 Å². The third-order valence-corrected chi connectivity index (χ3v) is 4.16. The van der Waals surface area contributed by atoms with Crippen LogP contribution in [0.4, 0.5) is 5.69 Å². The number of anilines is 1. The quantitative estimate of drug-likeness (QED) is 0.655. The van der Waals surface area contributed by atoms with E-state index < -0.39 is 0 Å². The molecule has 0 bridgehead atoms. The molecule has 1 nitrogen and oxygen atoms in total. The van der Waals surface area contributed by atoms with Crippen LogP contribution in [0.2, 0.25) is 4.22 Å². The van der Waals surface area contributed by atoms with Gasteiger partial charge in [0.05, 0.1) is 0 Å². The van der Waals surface area contributed by atoms with Gasteiger partial charge in [0, 0.05) is 0 Å². The Bertz CT molecular complexity index is 459. The zero-order valence-corrected chi connectivity index (χ0v) is 13.1.